The van der Waals surface area contributed by atoms with E-state index in [9.17, 15) is 39.6 Å². The second-order valence-corrected chi connectivity index (χ2v) is 11.4. The van der Waals surface area contributed by atoms with Gasteiger partial charge in [0.2, 0.25) is 5.91 Å². The van der Waals surface area contributed by atoms with E-state index in [2.05, 4.69) is 5.32 Å². The van der Waals surface area contributed by atoms with Gasteiger partial charge in [-0.15, -0.1) is 0 Å². The van der Waals surface area contributed by atoms with E-state index in [1.807, 2.05) is 0 Å². The number of nitrogens with one attached hydrogen (secondary N) is 1. The van der Waals surface area contributed by atoms with Crippen molar-refractivity contribution < 1.29 is 43.7 Å². The molecule has 0 heterocycles. The van der Waals surface area contributed by atoms with Crippen LogP contribution in [0.4, 0.5) is 26.3 Å². The molecule has 5 nitrogen and oxygen atoms in total. The summed E-state index contributed by atoms with van der Waals surface area (Å²) in [5.41, 5.74) is -3.59. The van der Waals surface area contributed by atoms with Crippen LogP contribution in [0.2, 0.25) is 0 Å². The first-order chi connectivity index (χ1) is 17.4. The first-order valence-electron chi connectivity index (χ1n) is 12.0. The molecule has 0 saturated heterocycles. The van der Waals surface area contributed by atoms with Crippen molar-refractivity contribution >= 4 is 16.0 Å². The summed E-state index contributed by atoms with van der Waals surface area (Å²) in [5.74, 6) is -2.17. The van der Waals surface area contributed by atoms with E-state index in [-0.39, 0.29) is 12.0 Å². The molecule has 2 aromatic carbocycles. The third-order valence-electron chi connectivity index (χ3n) is 7.07. The van der Waals surface area contributed by atoms with Gasteiger partial charge in [-0.25, -0.2) is 0 Å². The van der Waals surface area contributed by atoms with Gasteiger partial charge in [-0.1, -0.05) is 30.3 Å². The monoisotopic (exact) mass is 565 g/mol. The van der Waals surface area contributed by atoms with Crippen LogP contribution < -0.4 is 5.32 Å². The van der Waals surface area contributed by atoms with Crippen molar-refractivity contribution in [1.82, 2.24) is 5.32 Å². The Balaban J connectivity index is 1.90. The first-order valence-corrected chi connectivity index (χ1v) is 13.8. The van der Waals surface area contributed by atoms with E-state index in [0.717, 1.165) is 11.8 Å². The van der Waals surface area contributed by atoms with Crippen LogP contribution in [0.15, 0.2) is 48.5 Å². The molecule has 1 N–H and O–H groups in total. The molecule has 1 saturated carbocycles. The van der Waals surface area contributed by atoms with Crippen LogP contribution in [0.3, 0.4) is 0 Å². The number of halogens is 6. The maximum atomic E-state index is 13.3. The summed E-state index contributed by atoms with van der Waals surface area (Å²) >= 11 is 0. The van der Waals surface area contributed by atoms with Gasteiger partial charge < -0.3 is 5.32 Å². The Morgan fingerprint density at radius 2 is 1.45 bits per heavy atom. The summed E-state index contributed by atoms with van der Waals surface area (Å²) in [7, 11) is -3.67. The number of hydrogen-bond donors (Lipinski definition) is 1. The number of hydrogen-bond acceptors (Lipinski definition) is 4. The Kier molecular flexibility index (Phi) is 8.57. The van der Waals surface area contributed by atoms with Gasteiger partial charge in [0.15, 0.2) is 0 Å². The normalized spacial score (nSPS) is 22.5. The number of carbonyl (C=O) groups excluding carboxylic acids is 1. The number of carbonyl (C=O) groups is 1. The Labute approximate surface area is 217 Å². The van der Waals surface area contributed by atoms with Crippen LogP contribution in [0.5, 0.6) is 0 Å². The van der Waals surface area contributed by atoms with E-state index in [4.69, 9.17) is 4.18 Å². The van der Waals surface area contributed by atoms with Gasteiger partial charge in [0.1, 0.15) is 0 Å². The van der Waals surface area contributed by atoms with E-state index in [1.54, 1.807) is 37.3 Å². The standard InChI is InChI=1S/C26H29F6NO4S/c1-16(19-13-21(25(27,28)29)15-22(14-19)26(30,31)32)23(34)33-24(20-7-5-4-6-8-20)11-9-18(10-12-24)17(2)37-38(3,35)36/h4-8,13-18H,9-12H2,1-3H3,(H,33,34). The third-order valence-corrected chi connectivity index (χ3v) is 7.72. The molecule has 2 atom stereocenters. The molecule has 2 aromatic rings. The molecule has 1 amide bonds. The smallest absolute Gasteiger partial charge is 0.346 e. The molecule has 210 valence electrons. The Bertz CT molecular complexity index is 1200. The minimum Gasteiger partial charge on any atom is -0.346 e. The highest BCUT2D eigenvalue weighted by atomic mass is 32.2. The summed E-state index contributed by atoms with van der Waals surface area (Å²) in [6, 6.07) is 10.0. The lowest BCUT2D eigenvalue weighted by Crippen LogP contribution is -2.50. The minimum atomic E-state index is -5.03. The SMILES string of the molecule is CC(C(=O)NC1(c2ccccc2)CCC(C(C)OS(C)(=O)=O)CC1)c1cc(C(F)(F)F)cc(C(F)(F)F)c1. The van der Waals surface area contributed by atoms with Gasteiger partial charge >= 0.3 is 12.4 Å². The molecular formula is C26H29F6NO4S. The molecule has 0 aromatic heterocycles. The minimum absolute atomic E-state index is 0.0284. The number of rotatable bonds is 7. The fourth-order valence-electron chi connectivity index (χ4n) is 4.92. The van der Waals surface area contributed by atoms with E-state index < -0.39 is 62.6 Å². The van der Waals surface area contributed by atoms with Gasteiger partial charge in [-0.05, 0) is 74.8 Å². The summed E-state index contributed by atoms with van der Waals surface area (Å²) in [6.07, 6.45) is -8.01. The Morgan fingerprint density at radius 1 is 0.947 bits per heavy atom. The molecule has 0 aliphatic heterocycles. The van der Waals surface area contributed by atoms with Crippen LogP contribution in [0, 0.1) is 5.92 Å². The zero-order valence-electron chi connectivity index (χ0n) is 21.0. The second kappa shape index (κ2) is 10.9. The lowest BCUT2D eigenvalue weighted by Gasteiger charge is -2.43. The Hall–Kier alpha value is -2.60. The highest BCUT2D eigenvalue weighted by Gasteiger charge is 2.42. The zero-order valence-corrected chi connectivity index (χ0v) is 21.8. The molecule has 1 fully saturated rings. The largest absolute Gasteiger partial charge is 0.416 e. The quantitative estimate of drug-likeness (QED) is 0.312. The molecule has 2 unspecified atom stereocenters. The van der Waals surface area contributed by atoms with E-state index >= 15 is 0 Å². The van der Waals surface area contributed by atoms with Gasteiger partial charge in [0, 0.05) is 0 Å². The highest BCUT2D eigenvalue weighted by Crippen LogP contribution is 2.42. The molecule has 1 aliphatic carbocycles. The van der Waals surface area contributed by atoms with Crippen molar-refractivity contribution in [2.45, 2.75) is 69.4 Å². The van der Waals surface area contributed by atoms with Crippen LogP contribution in [0.1, 0.15) is 67.7 Å². The molecule has 1 aliphatic rings. The third kappa shape index (κ3) is 7.28. The van der Waals surface area contributed by atoms with Crippen molar-refractivity contribution in [1.29, 1.82) is 0 Å². The predicted octanol–water partition coefficient (Wildman–Crippen LogP) is 6.39. The molecule has 3 rings (SSSR count). The molecule has 38 heavy (non-hydrogen) atoms. The van der Waals surface area contributed by atoms with Crippen molar-refractivity contribution in [3.8, 4) is 0 Å². The Morgan fingerprint density at radius 3 is 1.89 bits per heavy atom. The van der Waals surface area contributed by atoms with E-state index in [0.29, 0.717) is 37.8 Å². The van der Waals surface area contributed by atoms with Crippen LogP contribution in [-0.4, -0.2) is 26.7 Å². The average molecular weight is 566 g/mol. The molecule has 0 radical (unpaired) electrons. The summed E-state index contributed by atoms with van der Waals surface area (Å²) in [6.45, 7) is 2.91. The molecule has 0 spiro atoms. The fourth-order valence-corrected chi connectivity index (χ4v) is 5.63. The van der Waals surface area contributed by atoms with Crippen molar-refractivity contribution in [3.63, 3.8) is 0 Å². The summed E-state index contributed by atoms with van der Waals surface area (Å²) in [4.78, 5) is 13.3. The first kappa shape index (κ1) is 29.9. The maximum absolute atomic E-state index is 13.3. The van der Waals surface area contributed by atoms with Gasteiger partial charge in [0.05, 0.1) is 34.9 Å². The highest BCUT2D eigenvalue weighted by molar-refractivity contribution is 7.86. The number of amides is 1. The van der Waals surface area contributed by atoms with E-state index in [1.165, 1.54) is 6.92 Å². The second-order valence-electron chi connectivity index (χ2n) is 9.84. The average Bonchev–Trinajstić information content (AvgIpc) is 2.82. The van der Waals surface area contributed by atoms with Crippen molar-refractivity contribution in [2.75, 3.05) is 6.26 Å². The van der Waals surface area contributed by atoms with Crippen molar-refractivity contribution in [2.24, 2.45) is 5.92 Å². The lowest BCUT2D eigenvalue weighted by molar-refractivity contribution is -0.143. The molecule has 12 heteroatoms. The maximum Gasteiger partial charge on any atom is 0.416 e. The molecular weight excluding hydrogens is 536 g/mol. The van der Waals surface area contributed by atoms with Crippen molar-refractivity contribution in [3.05, 3.63) is 70.8 Å². The fraction of sp³-hybridized carbons (Fsp3) is 0.500. The van der Waals surface area contributed by atoms with Crippen LogP contribution in [-0.2, 0) is 37.0 Å². The number of benzene rings is 2. The number of alkyl halides is 6. The van der Waals surface area contributed by atoms with Crippen LogP contribution >= 0.6 is 0 Å². The predicted molar refractivity (Wildman–Crippen MR) is 128 cm³/mol. The molecule has 0 bridgehead atoms. The van der Waals surface area contributed by atoms with Crippen LogP contribution in [0.25, 0.3) is 0 Å². The zero-order chi connectivity index (χ0) is 28.5. The van der Waals surface area contributed by atoms with Gasteiger partial charge in [-0.2, -0.15) is 34.8 Å². The topological polar surface area (TPSA) is 72.5 Å². The van der Waals surface area contributed by atoms with Gasteiger partial charge in [0.25, 0.3) is 10.1 Å². The summed E-state index contributed by atoms with van der Waals surface area (Å²) < 4.78 is 108. The van der Waals surface area contributed by atoms with Gasteiger partial charge in [-0.3, -0.25) is 8.98 Å². The summed E-state index contributed by atoms with van der Waals surface area (Å²) in [5, 5.41) is 2.91. The lowest BCUT2D eigenvalue weighted by atomic mass is 9.71.